The smallest absolute Gasteiger partial charge is 0.315 e. The molecule has 3 heterocycles. The van der Waals surface area contributed by atoms with E-state index in [0.29, 0.717) is 18.9 Å². The Bertz CT molecular complexity index is 685. The minimum Gasteiger partial charge on any atom is -0.372 e. The third kappa shape index (κ3) is 3.69. The maximum atomic E-state index is 12.6. The molecule has 0 radical (unpaired) electrons. The molecule has 2 aliphatic rings. The molecule has 2 amide bonds. The Balaban J connectivity index is 1.80. The fourth-order valence-electron chi connectivity index (χ4n) is 3.28. The van der Waals surface area contributed by atoms with Gasteiger partial charge in [-0.2, -0.15) is 16.9 Å². The number of carbonyl (C=O) groups is 2. The number of aromatic nitrogens is 2. The number of carbonyl (C=O) groups excluding carboxylic acids is 2. The van der Waals surface area contributed by atoms with Gasteiger partial charge in [-0.15, -0.1) is 0 Å². The second-order valence-corrected chi connectivity index (χ2v) is 8.76. The topological polar surface area (TPSA) is 76.5 Å². The highest BCUT2D eigenvalue weighted by Gasteiger charge is 2.33. The molecular formula is C17H26N4O3S. The monoisotopic (exact) mass is 366 g/mol. The summed E-state index contributed by atoms with van der Waals surface area (Å²) in [5, 5.41) is 7.49. The number of thioether (sulfide) groups is 1. The number of nitrogens with one attached hydrogen (secondary N) is 1. The molecular weight excluding hydrogens is 340 g/mol. The third-order valence-electron chi connectivity index (χ3n) is 4.32. The predicted molar refractivity (Wildman–Crippen MR) is 97.4 cm³/mol. The van der Waals surface area contributed by atoms with E-state index in [0.717, 1.165) is 22.8 Å². The van der Waals surface area contributed by atoms with Crippen LogP contribution < -0.4 is 5.32 Å². The summed E-state index contributed by atoms with van der Waals surface area (Å²) in [5.74, 6) is 1.18. The molecule has 0 saturated carbocycles. The van der Waals surface area contributed by atoms with E-state index in [1.165, 1.54) is 0 Å². The zero-order valence-corrected chi connectivity index (χ0v) is 16.3. The maximum absolute atomic E-state index is 12.6. The van der Waals surface area contributed by atoms with Crippen molar-refractivity contribution in [2.75, 3.05) is 18.4 Å². The Morgan fingerprint density at radius 3 is 2.44 bits per heavy atom. The molecule has 2 aliphatic heterocycles. The van der Waals surface area contributed by atoms with Crippen LogP contribution in [-0.4, -0.2) is 51.8 Å². The van der Waals surface area contributed by atoms with Crippen molar-refractivity contribution in [2.45, 2.75) is 63.9 Å². The quantitative estimate of drug-likeness (QED) is 0.769. The van der Waals surface area contributed by atoms with Crippen LogP contribution in [0.5, 0.6) is 0 Å². The van der Waals surface area contributed by atoms with Gasteiger partial charge in [0.2, 0.25) is 0 Å². The third-order valence-corrected chi connectivity index (χ3v) is 5.29. The number of hydrogen-bond donors (Lipinski definition) is 1. The molecule has 138 valence electrons. The van der Waals surface area contributed by atoms with Gasteiger partial charge in [0, 0.05) is 30.2 Å². The molecule has 1 aromatic rings. The lowest BCUT2D eigenvalue weighted by atomic mass is 10.1. The Kier molecular flexibility index (Phi) is 4.85. The lowest BCUT2D eigenvalue weighted by molar-refractivity contribution is -0.151. The number of amides is 2. The van der Waals surface area contributed by atoms with Crippen molar-refractivity contribution in [3.8, 4) is 0 Å². The molecule has 1 saturated heterocycles. The van der Waals surface area contributed by atoms with Crippen molar-refractivity contribution in [3.05, 3.63) is 11.3 Å². The summed E-state index contributed by atoms with van der Waals surface area (Å²) in [4.78, 5) is 26.8. The summed E-state index contributed by atoms with van der Waals surface area (Å²) >= 11 is 1.77. The van der Waals surface area contributed by atoms with Crippen molar-refractivity contribution in [2.24, 2.45) is 0 Å². The van der Waals surface area contributed by atoms with Crippen LogP contribution in [0.2, 0.25) is 0 Å². The molecule has 0 aliphatic carbocycles. The van der Waals surface area contributed by atoms with E-state index < -0.39 is 11.8 Å². The highest BCUT2D eigenvalue weighted by Crippen LogP contribution is 2.37. The van der Waals surface area contributed by atoms with Crippen molar-refractivity contribution in [3.63, 3.8) is 0 Å². The maximum Gasteiger partial charge on any atom is 0.315 e. The summed E-state index contributed by atoms with van der Waals surface area (Å²) in [6.07, 6.45) is -0.137. The molecule has 0 spiro atoms. The molecule has 0 unspecified atom stereocenters. The Labute approximate surface area is 152 Å². The molecule has 8 heteroatoms. The van der Waals surface area contributed by atoms with E-state index in [1.54, 1.807) is 16.7 Å². The standard InChI is InChI=1S/C17H26N4O3S/c1-10-6-20(7-11(2)24-10)16(23)15(22)18-14-12-8-25-9-13(12)19-21(14)17(3,4)5/h10-11H,6-9H2,1-5H3,(H,18,22)/t10-,11+. The molecule has 1 aromatic heterocycles. The van der Waals surface area contributed by atoms with Crippen molar-refractivity contribution in [1.82, 2.24) is 14.7 Å². The van der Waals surface area contributed by atoms with Crippen LogP contribution in [0.1, 0.15) is 45.9 Å². The molecule has 7 nitrogen and oxygen atoms in total. The van der Waals surface area contributed by atoms with E-state index >= 15 is 0 Å². The van der Waals surface area contributed by atoms with Gasteiger partial charge < -0.3 is 15.0 Å². The zero-order valence-electron chi connectivity index (χ0n) is 15.5. The molecule has 25 heavy (non-hydrogen) atoms. The molecule has 1 fully saturated rings. The van der Waals surface area contributed by atoms with Crippen molar-refractivity contribution < 1.29 is 14.3 Å². The zero-order chi connectivity index (χ0) is 18.4. The lowest BCUT2D eigenvalue weighted by Gasteiger charge is -2.34. The summed E-state index contributed by atoms with van der Waals surface area (Å²) in [5.41, 5.74) is 1.75. The molecule has 0 bridgehead atoms. The first-order chi connectivity index (χ1) is 11.7. The second-order valence-electron chi connectivity index (χ2n) is 7.77. The SMILES string of the molecule is C[C@@H]1CN(C(=O)C(=O)Nc2c3c(nn2C(C)(C)C)CSC3)C[C@H](C)O1. The fraction of sp³-hybridized carbons (Fsp3) is 0.706. The minimum absolute atomic E-state index is 0.0683. The summed E-state index contributed by atoms with van der Waals surface area (Å²) in [6.45, 7) is 10.8. The summed E-state index contributed by atoms with van der Waals surface area (Å²) in [6, 6.07) is 0. The number of rotatable bonds is 1. The van der Waals surface area contributed by atoms with Gasteiger partial charge >= 0.3 is 11.8 Å². The Hall–Kier alpha value is -1.54. The minimum atomic E-state index is -0.605. The van der Waals surface area contributed by atoms with Crippen LogP contribution in [0.3, 0.4) is 0 Å². The van der Waals surface area contributed by atoms with Crippen LogP contribution >= 0.6 is 11.8 Å². The fourth-order valence-corrected chi connectivity index (χ4v) is 4.31. The molecule has 1 N–H and O–H groups in total. The number of morpholine rings is 1. The average molecular weight is 366 g/mol. The summed E-state index contributed by atoms with van der Waals surface area (Å²) < 4.78 is 7.46. The average Bonchev–Trinajstić information content (AvgIpc) is 3.07. The van der Waals surface area contributed by atoms with Gasteiger partial charge in [0.15, 0.2) is 0 Å². The Morgan fingerprint density at radius 1 is 1.20 bits per heavy atom. The van der Waals surface area contributed by atoms with Crippen LogP contribution in [0.4, 0.5) is 5.82 Å². The molecule has 3 rings (SSSR count). The first-order valence-corrected chi connectivity index (χ1v) is 9.77. The second kappa shape index (κ2) is 6.64. The van der Waals surface area contributed by atoms with Crippen LogP contribution in [0.15, 0.2) is 0 Å². The van der Waals surface area contributed by atoms with E-state index in [9.17, 15) is 9.59 Å². The van der Waals surface area contributed by atoms with Gasteiger partial charge in [0.05, 0.1) is 23.4 Å². The Morgan fingerprint density at radius 2 is 1.84 bits per heavy atom. The molecule has 2 atom stereocenters. The number of ether oxygens (including phenoxy) is 1. The number of anilines is 1. The number of hydrogen-bond acceptors (Lipinski definition) is 5. The summed E-state index contributed by atoms with van der Waals surface area (Å²) in [7, 11) is 0. The lowest BCUT2D eigenvalue weighted by Crippen LogP contribution is -2.51. The highest BCUT2D eigenvalue weighted by molar-refractivity contribution is 7.98. The first kappa shape index (κ1) is 18.3. The van der Waals surface area contributed by atoms with Gasteiger partial charge in [-0.25, -0.2) is 4.68 Å². The predicted octanol–water partition coefficient (Wildman–Crippen LogP) is 1.96. The van der Waals surface area contributed by atoms with E-state index in [1.807, 2.05) is 39.3 Å². The number of fused-ring (bicyclic) bond motifs is 1. The largest absolute Gasteiger partial charge is 0.372 e. The van der Waals surface area contributed by atoms with Crippen LogP contribution in [0.25, 0.3) is 0 Å². The van der Waals surface area contributed by atoms with Gasteiger partial charge in [0.1, 0.15) is 5.82 Å². The van der Waals surface area contributed by atoms with E-state index in [-0.39, 0.29) is 17.7 Å². The molecule has 0 aromatic carbocycles. The van der Waals surface area contributed by atoms with Crippen LogP contribution in [0, 0.1) is 0 Å². The van der Waals surface area contributed by atoms with Gasteiger partial charge in [-0.05, 0) is 34.6 Å². The van der Waals surface area contributed by atoms with Crippen LogP contribution in [-0.2, 0) is 31.4 Å². The van der Waals surface area contributed by atoms with Crippen molar-refractivity contribution >= 4 is 29.4 Å². The first-order valence-electron chi connectivity index (χ1n) is 8.61. The van der Waals surface area contributed by atoms with E-state index in [4.69, 9.17) is 4.74 Å². The number of nitrogens with zero attached hydrogens (tertiary/aromatic N) is 3. The van der Waals surface area contributed by atoms with Gasteiger partial charge in [-0.3, -0.25) is 9.59 Å². The van der Waals surface area contributed by atoms with E-state index in [2.05, 4.69) is 10.4 Å². The highest BCUT2D eigenvalue weighted by atomic mass is 32.2. The van der Waals surface area contributed by atoms with Crippen molar-refractivity contribution in [1.29, 1.82) is 0 Å². The normalized spacial score (nSPS) is 23.5. The van der Waals surface area contributed by atoms with Gasteiger partial charge in [0.25, 0.3) is 0 Å². The van der Waals surface area contributed by atoms with Gasteiger partial charge in [-0.1, -0.05) is 0 Å².